The number of para-hydroxylation sites is 1. The SMILES string of the molecule is CCCOCCCNc1cc(C(N)=S)c2ccccc2n1. The molecule has 0 bridgehead atoms. The topological polar surface area (TPSA) is 60.2 Å². The van der Waals surface area contributed by atoms with Crippen LogP contribution in [0.1, 0.15) is 25.3 Å². The van der Waals surface area contributed by atoms with Gasteiger partial charge in [0.1, 0.15) is 10.8 Å². The average molecular weight is 303 g/mol. The van der Waals surface area contributed by atoms with Crippen LogP contribution in [0.15, 0.2) is 30.3 Å². The number of hydrogen-bond donors (Lipinski definition) is 2. The molecule has 2 aromatic rings. The van der Waals surface area contributed by atoms with Crippen molar-refractivity contribution in [3.05, 3.63) is 35.9 Å². The minimum atomic E-state index is 0.392. The number of nitrogens with two attached hydrogens (primary N) is 1. The van der Waals surface area contributed by atoms with Crippen molar-refractivity contribution in [2.45, 2.75) is 19.8 Å². The van der Waals surface area contributed by atoms with E-state index in [0.717, 1.165) is 54.9 Å². The second-order valence-electron chi connectivity index (χ2n) is 4.83. The number of nitrogens with one attached hydrogen (secondary N) is 1. The molecule has 0 atom stereocenters. The van der Waals surface area contributed by atoms with Gasteiger partial charge in [-0.3, -0.25) is 0 Å². The molecular formula is C16H21N3OS. The normalized spacial score (nSPS) is 10.7. The number of benzene rings is 1. The quantitative estimate of drug-likeness (QED) is 0.579. The molecule has 5 heteroatoms. The zero-order valence-electron chi connectivity index (χ0n) is 12.3. The lowest BCUT2D eigenvalue weighted by Crippen LogP contribution is -2.13. The van der Waals surface area contributed by atoms with Crippen molar-refractivity contribution in [1.82, 2.24) is 4.98 Å². The van der Waals surface area contributed by atoms with Crippen molar-refractivity contribution >= 4 is 33.9 Å². The predicted molar refractivity (Wildman–Crippen MR) is 91.8 cm³/mol. The summed E-state index contributed by atoms with van der Waals surface area (Å²) in [7, 11) is 0. The fraction of sp³-hybridized carbons (Fsp3) is 0.375. The van der Waals surface area contributed by atoms with Crippen molar-refractivity contribution in [3.63, 3.8) is 0 Å². The zero-order valence-corrected chi connectivity index (χ0v) is 13.1. The van der Waals surface area contributed by atoms with Crippen LogP contribution in [0.25, 0.3) is 10.9 Å². The first kappa shape index (κ1) is 15.7. The maximum absolute atomic E-state index is 5.81. The maximum Gasteiger partial charge on any atom is 0.127 e. The van der Waals surface area contributed by atoms with Gasteiger partial charge in [-0.05, 0) is 25.0 Å². The van der Waals surface area contributed by atoms with Crippen molar-refractivity contribution < 1.29 is 4.74 Å². The standard InChI is InChI=1S/C16H21N3OS/c1-2-9-20-10-5-8-18-15-11-13(16(17)21)12-6-3-4-7-14(12)19-15/h3-4,6-7,11H,2,5,8-10H2,1H3,(H2,17,21)(H,18,19). The van der Waals surface area contributed by atoms with Gasteiger partial charge in [0.2, 0.25) is 0 Å². The van der Waals surface area contributed by atoms with E-state index >= 15 is 0 Å². The van der Waals surface area contributed by atoms with Gasteiger partial charge in [0.05, 0.1) is 5.52 Å². The molecule has 0 saturated carbocycles. The van der Waals surface area contributed by atoms with Gasteiger partial charge in [-0.25, -0.2) is 4.98 Å². The number of pyridine rings is 1. The number of ether oxygens (including phenoxy) is 1. The Morgan fingerprint density at radius 3 is 2.90 bits per heavy atom. The van der Waals surface area contributed by atoms with Crippen LogP contribution in [-0.4, -0.2) is 29.7 Å². The van der Waals surface area contributed by atoms with Gasteiger partial charge in [-0.1, -0.05) is 37.3 Å². The third-order valence-electron chi connectivity index (χ3n) is 3.10. The summed E-state index contributed by atoms with van der Waals surface area (Å²) in [6, 6.07) is 9.79. The summed E-state index contributed by atoms with van der Waals surface area (Å²) in [5.74, 6) is 0.798. The van der Waals surface area contributed by atoms with Gasteiger partial charge < -0.3 is 15.8 Å². The molecule has 0 amide bonds. The van der Waals surface area contributed by atoms with E-state index in [9.17, 15) is 0 Å². The van der Waals surface area contributed by atoms with E-state index in [1.165, 1.54) is 0 Å². The lowest BCUT2D eigenvalue weighted by atomic mass is 10.1. The number of aromatic nitrogens is 1. The zero-order chi connectivity index (χ0) is 15.1. The molecule has 4 nitrogen and oxygen atoms in total. The van der Waals surface area contributed by atoms with E-state index < -0.39 is 0 Å². The predicted octanol–water partition coefficient (Wildman–Crippen LogP) is 3.10. The first-order chi connectivity index (χ1) is 10.2. The molecule has 0 aliphatic rings. The molecule has 21 heavy (non-hydrogen) atoms. The Bertz CT molecular complexity index is 615. The average Bonchev–Trinajstić information content (AvgIpc) is 2.49. The highest BCUT2D eigenvalue weighted by atomic mass is 32.1. The monoisotopic (exact) mass is 303 g/mol. The number of anilines is 1. The number of hydrogen-bond acceptors (Lipinski definition) is 4. The Labute approximate surface area is 130 Å². The number of thiocarbonyl (C=S) groups is 1. The fourth-order valence-electron chi connectivity index (χ4n) is 2.11. The molecule has 0 fully saturated rings. The summed E-state index contributed by atoms with van der Waals surface area (Å²) in [4.78, 5) is 4.98. The maximum atomic E-state index is 5.81. The second kappa shape index (κ2) is 7.90. The van der Waals surface area contributed by atoms with E-state index in [2.05, 4.69) is 17.2 Å². The molecule has 112 valence electrons. The molecule has 0 unspecified atom stereocenters. The van der Waals surface area contributed by atoms with Crippen LogP contribution in [0.4, 0.5) is 5.82 Å². The Morgan fingerprint density at radius 1 is 1.33 bits per heavy atom. The number of nitrogens with zero attached hydrogens (tertiary/aromatic N) is 1. The van der Waals surface area contributed by atoms with Crippen molar-refractivity contribution in [2.75, 3.05) is 25.1 Å². The van der Waals surface area contributed by atoms with E-state index in [4.69, 9.17) is 22.7 Å². The van der Waals surface area contributed by atoms with Crippen molar-refractivity contribution in [2.24, 2.45) is 5.73 Å². The van der Waals surface area contributed by atoms with Crippen molar-refractivity contribution in [3.8, 4) is 0 Å². The van der Waals surface area contributed by atoms with Gasteiger partial charge in [-0.15, -0.1) is 0 Å². The Hall–Kier alpha value is -1.72. The molecular weight excluding hydrogens is 282 g/mol. The number of rotatable bonds is 8. The first-order valence-electron chi connectivity index (χ1n) is 7.23. The lowest BCUT2D eigenvalue weighted by molar-refractivity contribution is 0.134. The summed E-state index contributed by atoms with van der Waals surface area (Å²) in [6.07, 6.45) is 1.99. The highest BCUT2D eigenvalue weighted by Gasteiger charge is 2.07. The molecule has 3 N–H and O–H groups in total. The lowest BCUT2D eigenvalue weighted by Gasteiger charge is -2.10. The van der Waals surface area contributed by atoms with Crippen LogP contribution in [-0.2, 0) is 4.74 Å². The third kappa shape index (κ3) is 4.37. The van der Waals surface area contributed by atoms with Crippen molar-refractivity contribution in [1.29, 1.82) is 0 Å². The molecule has 1 aromatic heterocycles. The molecule has 0 saturated heterocycles. The summed E-state index contributed by atoms with van der Waals surface area (Å²) >= 11 is 5.13. The minimum absolute atomic E-state index is 0.392. The number of fused-ring (bicyclic) bond motifs is 1. The third-order valence-corrected chi connectivity index (χ3v) is 3.32. The van der Waals surface area contributed by atoms with Gasteiger partial charge in [0.15, 0.2) is 0 Å². The van der Waals surface area contributed by atoms with Gasteiger partial charge in [-0.2, -0.15) is 0 Å². The van der Waals surface area contributed by atoms with E-state index in [0.29, 0.717) is 4.99 Å². The fourth-order valence-corrected chi connectivity index (χ4v) is 2.28. The van der Waals surface area contributed by atoms with E-state index in [1.807, 2.05) is 30.3 Å². The van der Waals surface area contributed by atoms with Crippen LogP contribution >= 0.6 is 12.2 Å². The molecule has 0 spiro atoms. The molecule has 0 radical (unpaired) electrons. The molecule has 1 heterocycles. The summed E-state index contributed by atoms with van der Waals surface area (Å²) in [5.41, 5.74) is 7.57. The van der Waals surface area contributed by atoms with Crippen LogP contribution in [0.2, 0.25) is 0 Å². The van der Waals surface area contributed by atoms with E-state index in [1.54, 1.807) is 0 Å². The molecule has 0 aliphatic carbocycles. The highest BCUT2D eigenvalue weighted by molar-refractivity contribution is 7.80. The van der Waals surface area contributed by atoms with Crippen LogP contribution in [0.3, 0.4) is 0 Å². The smallest absolute Gasteiger partial charge is 0.127 e. The van der Waals surface area contributed by atoms with Crippen LogP contribution in [0, 0.1) is 0 Å². The Morgan fingerprint density at radius 2 is 2.14 bits per heavy atom. The van der Waals surface area contributed by atoms with E-state index in [-0.39, 0.29) is 0 Å². The summed E-state index contributed by atoms with van der Waals surface area (Å²) in [5, 5.41) is 4.29. The largest absolute Gasteiger partial charge is 0.389 e. The molecule has 0 aliphatic heterocycles. The molecule has 2 rings (SSSR count). The van der Waals surface area contributed by atoms with Gasteiger partial charge in [0.25, 0.3) is 0 Å². The van der Waals surface area contributed by atoms with Gasteiger partial charge >= 0.3 is 0 Å². The highest BCUT2D eigenvalue weighted by Crippen LogP contribution is 2.20. The van der Waals surface area contributed by atoms with Crippen LogP contribution in [0.5, 0.6) is 0 Å². The minimum Gasteiger partial charge on any atom is -0.389 e. The second-order valence-corrected chi connectivity index (χ2v) is 5.27. The van der Waals surface area contributed by atoms with Gasteiger partial charge in [0, 0.05) is 30.7 Å². The Balaban J connectivity index is 2.05. The molecule has 1 aromatic carbocycles. The van der Waals surface area contributed by atoms with Crippen LogP contribution < -0.4 is 11.1 Å². The summed E-state index contributed by atoms with van der Waals surface area (Å²) in [6.45, 7) is 4.50. The Kier molecular flexibility index (Phi) is 5.90. The summed E-state index contributed by atoms with van der Waals surface area (Å²) < 4.78 is 5.45. The first-order valence-corrected chi connectivity index (χ1v) is 7.64.